The fourth-order valence-corrected chi connectivity index (χ4v) is 1.88. The molecule has 1 rings (SSSR count). The van der Waals surface area contributed by atoms with Crippen molar-refractivity contribution in [3.05, 3.63) is 47.0 Å². The summed E-state index contributed by atoms with van der Waals surface area (Å²) < 4.78 is 0.992. The first-order valence-corrected chi connectivity index (χ1v) is 5.51. The van der Waals surface area contributed by atoms with Gasteiger partial charge in [-0.1, -0.05) is 41.1 Å². The van der Waals surface area contributed by atoms with Gasteiger partial charge in [-0.15, -0.1) is 6.58 Å². The van der Waals surface area contributed by atoms with E-state index < -0.39 is 5.60 Å². The number of aliphatic hydroxyl groups is 1. The number of halogens is 1. The van der Waals surface area contributed by atoms with E-state index in [-0.39, 0.29) is 0 Å². The zero-order valence-corrected chi connectivity index (χ0v) is 9.92. The van der Waals surface area contributed by atoms with Gasteiger partial charge >= 0.3 is 0 Å². The predicted molar refractivity (Wildman–Crippen MR) is 63.1 cm³/mol. The summed E-state index contributed by atoms with van der Waals surface area (Å²) in [7, 11) is 0. The van der Waals surface area contributed by atoms with E-state index in [4.69, 9.17) is 0 Å². The van der Waals surface area contributed by atoms with Crippen molar-refractivity contribution in [2.24, 2.45) is 0 Å². The number of hydrogen-bond acceptors (Lipinski definition) is 1. The van der Waals surface area contributed by atoms with Crippen molar-refractivity contribution >= 4 is 15.9 Å². The van der Waals surface area contributed by atoms with Crippen LogP contribution in [0.5, 0.6) is 0 Å². The third-order valence-electron chi connectivity index (χ3n) is 2.43. The van der Waals surface area contributed by atoms with Gasteiger partial charge in [0.25, 0.3) is 0 Å². The zero-order valence-electron chi connectivity index (χ0n) is 8.33. The van der Waals surface area contributed by atoms with Crippen LogP contribution in [0.15, 0.2) is 41.4 Å². The monoisotopic (exact) mass is 254 g/mol. The molecule has 0 bridgehead atoms. The molecule has 0 aliphatic heterocycles. The van der Waals surface area contributed by atoms with E-state index in [0.717, 1.165) is 10.0 Å². The molecule has 1 N–H and O–H groups in total. The van der Waals surface area contributed by atoms with E-state index in [2.05, 4.69) is 22.5 Å². The molecule has 0 saturated carbocycles. The Bertz CT molecular complexity index is 322. The van der Waals surface area contributed by atoms with Gasteiger partial charge in [-0.2, -0.15) is 0 Å². The first-order valence-electron chi connectivity index (χ1n) is 4.71. The first-order chi connectivity index (χ1) is 6.62. The Morgan fingerprint density at radius 1 is 1.57 bits per heavy atom. The second-order valence-corrected chi connectivity index (χ2v) is 4.30. The summed E-state index contributed by atoms with van der Waals surface area (Å²) >= 11 is 3.40. The van der Waals surface area contributed by atoms with Crippen molar-refractivity contribution < 1.29 is 5.11 Å². The van der Waals surface area contributed by atoms with Crippen LogP contribution < -0.4 is 0 Å². The van der Waals surface area contributed by atoms with Crippen LogP contribution in [0.25, 0.3) is 0 Å². The second kappa shape index (κ2) is 4.76. The summed E-state index contributed by atoms with van der Waals surface area (Å²) in [5.41, 5.74) is 0.167. The van der Waals surface area contributed by atoms with Gasteiger partial charge in [-0.3, -0.25) is 0 Å². The molecule has 0 aliphatic carbocycles. The number of rotatable bonds is 4. The number of benzene rings is 1. The lowest BCUT2D eigenvalue weighted by Crippen LogP contribution is -2.23. The fourth-order valence-electron chi connectivity index (χ4n) is 1.48. The standard InChI is InChI=1S/C12H15BrO/c1-3-8-12(14,4-2)10-6-5-7-11(13)9-10/h3,5-7,9,14H,1,4,8H2,2H3. The largest absolute Gasteiger partial charge is 0.385 e. The Kier molecular flexibility index (Phi) is 3.90. The molecule has 0 aliphatic rings. The van der Waals surface area contributed by atoms with Crippen LogP contribution in [0, 0.1) is 0 Å². The van der Waals surface area contributed by atoms with Crippen molar-refractivity contribution in [3.8, 4) is 0 Å². The van der Waals surface area contributed by atoms with Gasteiger partial charge < -0.3 is 5.11 Å². The van der Waals surface area contributed by atoms with E-state index in [1.165, 1.54) is 0 Å². The Morgan fingerprint density at radius 2 is 2.29 bits per heavy atom. The van der Waals surface area contributed by atoms with Gasteiger partial charge in [0, 0.05) is 4.47 Å². The molecule has 0 saturated heterocycles. The molecular formula is C12H15BrO. The van der Waals surface area contributed by atoms with Gasteiger partial charge in [0.2, 0.25) is 0 Å². The highest BCUT2D eigenvalue weighted by molar-refractivity contribution is 9.10. The summed E-state index contributed by atoms with van der Waals surface area (Å²) in [6.07, 6.45) is 3.03. The average molecular weight is 255 g/mol. The highest BCUT2D eigenvalue weighted by Gasteiger charge is 2.25. The summed E-state index contributed by atoms with van der Waals surface area (Å²) in [5, 5.41) is 10.3. The number of hydrogen-bond donors (Lipinski definition) is 1. The van der Waals surface area contributed by atoms with Gasteiger partial charge in [-0.25, -0.2) is 0 Å². The van der Waals surface area contributed by atoms with Crippen molar-refractivity contribution in [2.75, 3.05) is 0 Å². The van der Waals surface area contributed by atoms with Crippen LogP contribution in [-0.2, 0) is 5.60 Å². The van der Waals surface area contributed by atoms with E-state index >= 15 is 0 Å². The van der Waals surface area contributed by atoms with Crippen molar-refractivity contribution in [1.82, 2.24) is 0 Å². The Balaban J connectivity index is 3.05. The molecule has 1 aromatic rings. The Morgan fingerprint density at radius 3 is 2.79 bits per heavy atom. The van der Waals surface area contributed by atoms with E-state index in [1.54, 1.807) is 6.08 Å². The Hall–Kier alpha value is -0.600. The van der Waals surface area contributed by atoms with Crippen molar-refractivity contribution in [2.45, 2.75) is 25.4 Å². The maximum Gasteiger partial charge on any atom is 0.0928 e. The zero-order chi connectivity index (χ0) is 10.6. The molecule has 0 spiro atoms. The summed E-state index contributed by atoms with van der Waals surface area (Å²) in [5.74, 6) is 0. The van der Waals surface area contributed by atoms with E-state index in [9.17, 15) is 5.11 Å². The third-order valence-corrected chi connectivity index (χ3v) is 2.92. The topological polar surface area (TPSA) is 20.2 Å². The fraction of sp³-hybridized carbons (Fsp3) is 0.333. The third kappa shape index (κ3) is 2.46. The van der Waals surface area contributed by atoms with Gasteiger partial charge in [0.15, 0.2) is 0 Å². The minimum Gasteiger partial charge on any atom is -0.385 e. The van der Waals surface area contributed by atoms with Gasteiger partial charge in [0.1, 0.15) is 0 Å². The predicted octanol–water partition coefficient (Wildman–Crippen LogP) is 3.62. The molecule has 0 fully saturated rings. The van der Waals surface area contributed by atoms with Crippen LogP contribution >= 0.6 is 15.9 Å². The van der Waals surface area contributed by atoms with Crippen molar-refractivity contribution in [1.29, 1.82) is 0 Å². The van der Waals surface area contributed by atoms with Crippen LogP contribution in [0.1, 0.15) is 25.3 Å². The molecule has 1 nitrogen and oxygen atoms in total. The summed E-state index contributed by atoms with van der Waals surface area (Å²) in [4.78, 5) is 0. The summed E-state index contributed by atoms with van der Waals surface area (Å²) in [6.45, 7) is 5.65. The molecule has 0 aromatic heterocycles. The summed E-state index contributed by atoms with van der Waals surface area (Å²) in [6, 6.07) is 7.78. The van der Waals surface area contributed by atoms with Gasteiger partial charge in [0.05, 0.1) is 5.60 Å². The molecule has 76 valence electrons. The van der Waals surface area contributed by atoms with E-state index in [0.29, 0.717) is 12.8 Å². The van der Waals surface area contributed by atoms with E-state index in [1.807, 2.05) is 31.2 Å². The lowest BCUT2D eigenvalue weighted by atomic mass is 9.88. The highest BCUT2D eigenvalue weighted by Crippen LogP contribution is 2.30. The first kappa shape index (κ1) is 11.5. The van der Waals surface area contributed by atoms with Crippen LogP contribution in [-0.4, -0.2) is 5.11 Å². The molecular weight excluding hydrogens is 240 g/mol. The minimum absolute atomic E-state index is 0.583. The normalized spacial score (nSPS) is 14.8. The molecule has 1 unspecified atom stereocenters. The van der Waals surface area contributed by atoms with Crippen LogP contribution in [0.3, 0.4) is 0 Å². The second-order valence-electron chi connectivity index (χ2n) is 3.39. The molecule has 0 radical (unpaired) electrons. The van der Waals surface area contributed by atoms with Crippen LogP contribution in [0.2, 0.25) is 0 Å². The maximum atomic E-state index is 10.3. The maximum absolute atomic E-state index is 10.3. The molecule has 0 amide bonds. The smallest absolute Gasteiger partial charge is 0.0928 e. The van der Waals surface area contributed by atoms with Crippen molar-refractivity contribution in [3.63, 3.8) is 0 Å². The van der Waals surface area contributed by atoms with Gasteiger partial charge in [-0.05, 0) is 30.5 Å². The molecule has 14 heavy (non-hydrogen) atoms. The highest BCUT2D eigenvalue weighted by atomic mass is 79.9. The molecule has 1 aromatic carbocycles. The minimum atomic E-state index is -0.772. The lowest BCUT2D eigenvalue weighted by Gasteiger charge is -2.26. The Labute approximate surface area is 93.6 Å². The lowest BCUT2D eigenvalue weighted by molar-refractivity contribution is 0.0356. The SMILES string of the molecule is C=CCC(O)(CC)c1cccc(Br)c1. The molecule has 0 heterocycles. The molecule has 1 atom stereocenters. The molecule has 2 heteroatoms. The quantitative estimate of drug-likeness (QED) is 0.814. The van der Waals surface area contributed by atoms with Crippen LogP contribution in [0.4, 0.5) is 0 Å². The average Bonchev–Trinajstić information content (AvgIpc) is 2.18.